The van der Waals surface area contributed by atoms with Crippen molar-refractivity contribution in [2.45, 2.75) is 52.6 Å². The number of carbonyl (C=O) groups excluding carboxylic acids is 1. The van der Waals surface area contributed by atoms with Gasteiger partial charge in [0.1, 0.15) is 11.6 Å². The first-order valence-corrected chi connectivity index (χ1v) is 10.3. The number of nitrogens with zero attached hydrogens (tertiary/aromatic N) is 3. The van der Waals surface area contributed by atoms with Crippen LogP contribution in [0.3, 0.4) is 0 Å². The fraction of sp³-hybridized carbons (Fsp3) is 0.545. The van der Waals surface area contributed by atoms with Crippen molar-refractivity contribution in [2.75, 3.05) is 25.5 Å². The van der Waals surface area contributed by atoms with Crippen molar-refractivity contribution in [3.8, 4) is 5.75 Å². The normalized spacial score (nSPS) is 17.5. The maximum Gasteiger partial charge on any atom is 0.224 e. The number of hydrogen-bond acceptors (Lipinski definition) is 4. The fourth-order valence-corrected chi connectivity index (χ4v) is 3.96. The van der Waals surface area contributed by atoms with Gasteiger partial charge < -0.3 is 14.6 Å². The third-order valence-electron chi connectivity index (χ3n) is 5.60. The van der Waals surface area contributed by atoms with E-state index in [0.717, 1.165) is 55.4 Å². The number of likely N-dealkylation sites (tertiary alicyclic amines) is 1. The van der Waals surface area contributed by atoms with E-state index in [2.05, 4.69) is 26.7 Å². The molecule has 0 unspecified atom stereocenters. The molecule has 3 rings (SSSR count). The summed E-state index contributed by atoms with van der Waals surface area (Å²) in [6.07, 6.45) is 7.81. The smallest absolute Gasteiger partial charge is 0.224 e. The molecule has 2 aromatic rings. The van der Waals surface area contributed by atoms with Crippen molar-refractivity contribution in [1.29, 1.82) is 0 Å². The molecule has 0 aliphatic carbocycles. The zero-order chi connectivity index (χ0) is 19.9. The summed E-state index contributed by atoms with van der Waals surface area (Å²) in [6.45, 7) is 8.15. The van der Waals surface area contributed by atoms with E-state index >= 15 is 0 Å². The molecule has 1 amide bonds. The second-order valence-corrected chi connectivity index (χ2v) is 7.64. The molecule has 1 aliphatic heterocycles. The Kier molecular flexibility index (Phi) is 7.09. The summed E-state index contributed by atoms with van der Waals surface area (Å²) < 4.78 is 7.42. The van der Waals surface area contributed by atoms with Gasteiger partial charge in [0, 0.05) is 37.6 Å². The molecule has 6 nitrogen and oxygen atoms in total. The van der Waals surface area contributed by atoms with Gasteiger partial charge in [-0.2, -0.15) is 0 Å². The van der Waals surface area contributed by atoms with Gasteiger partial charge in [0.2, 0.25) is 5.91 Å². The van der Waals surface area contributed by atoms with Gasteiger partial charge in [-0.05, 0) is 69.3 Å². The predicted octanol–water partition coefficient (Wildman–Crippen LogP) is 3.85. The van der Waals surface area contributed by atoms with Gasteiger partial charge in [0.25, 0.3) is 0 Å². The molecule has 1 aromatic heterocycles. The number of hydrogen-bond donors (Lipinski definition) is 1. The van der Waals surface area contributed by atoms with E-state index < -0.39 is 0 Å². The molecule has 2 heterocycles. The van der Waals surface area contributed by atoms with E-state index in [1.54, 1.807) is 7.11 Å². The number of rotatable bonds is 8. The zero-order valence-corrected chi connectivity index (χ0v) is 17.3. The Bertz CT molecular complexity index is 787. The molecule has 6 heteroatoms. The second kappa shape index (κ2) is 9.73. The Morgan fingerprint density at radius 3 is 3.00 bits per heavy atom. The molecule has 1 fully saturated rings. The lowest BCUT2D eigenvalue weighted by molar-refractivity contribution is -0.116. The first kappa shape index (κ1) is 20.4. The highest BCUT2D eigenvalue weighted by atomic mass is 16.5. The largest absolute Gasteiger partial charge is 0.497 e. The van der Waals surface area contributed by atoms with E-state index in [4.69, 9.17) is 4.74 Å². The highest BCUT2D eigenvalue weighted by Crippen LogP contribution is 2.24. The van der Waals surface area contributed by atoms with Crippen LogP contribution >= 0.6 is 0 Å². The summed E-state index contributed by atoms with van der Waals surface area (Å²) >= 11 is 0. The molecule has 1 aliphatic rings. The number of anilines is 1. The van der Waals surface area contributed by atoms with Crippen LogP contribution in [0.5, 0.6) is 5.75 Å². The Hall–Kier alpha value is -2.34. The van der Waals surface area contributed by atoms with Crippen LogP contribution in [0, 0.1) is 12.8 Å². The highest BCUT2D eigenvalue weighted by Gasteiger charge is 2.22. The standard InChI is InChI=1S/C22H32N4O2/c1-4-26-13-11-23-21(26)16-25-12-5-6-18(15-25)7-10-22(27)24-20-9-8-19(28-3)14-17(20)2/h8-9,11,13-14,18H,4-7,10,12,15-16H2,1-3H3,(H,24,27)/t18-/m0/s1. The summed E-state index contributed by atoms with van der Waals surface area (Å²) in [4.78, 5) is 19.4. The number of carbonyl (C=O) groups is 1. The van der Waals surface area contributed by atoms with Crippen molar-refractivity contribution < 1.29 is 9.53 Å². The lowest BCUT2D eigenvalue weighted by Crippen LogP contribution is -2.36. The fourth-order valence-electron chi connectivity index (χ4n) is 3.96. The van der Waals surface area contributed by atoms with Crippen LogP contribution in [0.1, 0.15) is 44.0 Å². The molecule has 0 saturated carbocycles. The Labute approximate surface area is 167 Å². The van der Waals surface area contributed by atoms with Gasteiger partial charge in [-0.15, -0.1) is 0 Å². The molecule has 0 radical (unpaired) electrons. The van der Waals surface area contributed by atoms with E-state index in [-0.39, 0.29) is 5.91 Å². The van der Waals surface area contributed by atoms with Gasteiger partial charge in [0.05, 0.1) is 13.7 Å². The van der Waals surface area contributed by atoms with Crippen LogP contribution in [-0.2, 0) is 17.9 Å². The van der Waals surface area contributed by atoms with Gasteiger partial charge in [-0.25, -0.2) is 4.98 Å². The van der Waals surface area contributed by atoms with Gasteiger partial charge >= 0.3 is 0 Å². The monoisotopic (exact) mass is 384 g/mol. The summed E-state index contributed by atoms with van der Waals surface area (Å²) in [7, 11) is 1.65. The van der Waals surface area contributed by atoms with Crippen molar-refractivity contribution >= 4 is 11.6 Å². The summed E-state index contributed by atoms with van der Waals surface area (Å²) in [5.41, 5.74) is 1.88. The van der Waals surface area contributed by atoms with E-state index in [1.165, 1.54) is 12.8 Å². The van der Waals surface area contributed by atoms with Crippen molar-refractivity contribution in [3.63, 3.8) is 0 Å². The second-order valence-electron chi connectivity index (χ2n) is 7.64. The number of aromatic nitrogens is 2. The Morgan fingerprint density at radius 2 is 2.25 bits per heavy atom. The van der Waals surface area contributed by atoms with Crippen LogP contribution in [0.2, 0.25) is 0 Å². The number of piperidine rings is 1. The number of benzene rings is 1. The highest BCUT2D eigenvalue weighted by molar-refractivity contribution is 5.91. The van der Waals surface area contributed by atoms with Crippen molar-refractivity contribution in [2.24, 2.45) is 5.92 Å². The number of ether oxygens (including phenoxy) is 1. The van der Waals surface area contributed by atoms with Crippen molar-refractivity contribution in [3.05, 3.63) is 42.0 Å². The lowest BCUT2D eigenvalue weighted by atomic mass is 9.93. The Balaban J connectivity index is 1.46. The molecule has 0 bridgehead atoms. The summed E-state index contributed by atoms with van der Waals surface area (Å²) in [6, 6.07) is 5.72. The zero-order valence-electron chi connectivity index (χ0n) is 17.3. The number of methoxy groups -OCH3 is 1. The maximum atomic E-state index is 12.4. The van der Waals surface area contributed by atoms with Gasteiger partial charge in [-0.1, -0.05) is 0 Å². The van der Waals surface area contributed by atoms with Gasteiger partial charge in [-0.3, -0.25) is 9.69 Å². The average Bonchev–Trinajstić information content (AvgIpc) is 3.15. The number of imidazole rings is 1. The Morgan fingerprint density at radius 1 is 1.39 bits per heavy atom. The minimum atomic E-state index is 0.0897. The van der Waals surface area contributed by atoms with Gasteiger partial charge in [0.15, 0.2) is 0 Å². The topological polar surface area (TPSA) is 59.4 Å². The molecule has 152 valence electrons. The molecular formula is C22H32N4O2. The molecule has 1 saturated heterocycles. The number of aryl methyl sites for hydroxylation is 2. The molecule has 28 heavy (non-hydrogen) atoms. The average molecular weight is 385 g/mol. The minimum Gasteiger partial charge on any atom is -0.497 e. The summed E-state index contributed by atoms with van der Waals surface area (Å²) in [5.74, 6) is 2.60. The maximum absolute atomic E-state index is 12.4. The first-order valence-electron chi connectivity index (χ1n) is 10.3. The van der Waals surface area contributed by atoms with E-state index in [9.17, 15) is 4.79 Å². The molecule has 1 atom stereocenters. The van der Waals surface area contributed by atoms with Crippen LogP contribution in [0.4, 0.5) is 5.69 Å². The predicted molar refractivity (Wildman–Crippen MR) is 111 cm³/mol. The third-order valence-corrected chi connectivity index (χ3v) is 5.60. The lowest BCUT2D eigenvalue weighted by Gasteiger charge is -2.32. The quantitative estimate of drug-likeness (QED) is 0.751. The van der Waals surface area contributed by atoms with Crippen LogP contribution in [-0.4, -0.2) is 40.6 Å². The molecule has 1 N–H and O–H groups in total. The van der Waals surface area contributed by atoms with E-state index in [1.807, 2.05) is 37.5 Å². The number of nitrogens with one attached hydrogen (secondary N) is 1. The summed E-state index contributed by atoms with van der Waals surface area (Å²) in [5, 5.41) is 3.04. The molecule has 1 aromatic carbocycles. The van der Waals surface area contributed by atoms with Crippen LogP contribution < -0.4 is 10.1 Å². The van der Waals surface area contributed by atoms with Crippen LogP contribution in [0.25, 0.3) is 0 Å². The third kappa shape index (κ3) is 5.35. The first-order chi connectivity index (χ1) is 13.6. The number of amides is 1. The van der Waals surface area contributed by atoms with Crippen LogP contribution in [0.15, 0.2) is 30.6 Å². The molecular weight excluding hydrogens is 352 g/mol. The minimum absolute atomic E-state index is 0.0897. The SMILES string of the molecule is CCn1ccnc1CN1CCC[C@@H](CCC(=O)Nc2ccc(OC)cc2C)C1. The van der Waals surface area contributed by atoms with E-state index in [0.29, 0.717) is 12.3 Å². The molecule has 0 spiro atoms. The van der Waals surface area contributed by atoms with Crippen molar-refractivity contribution in [1.82, 2.24) is 14.5 Å².